The predicted molar refractivity (Wildman–Crippen MR) is 17.7 cm³/mol. The van der Waals surface area contributed by atoms with E-state index in [2.05, 4.69) is 0 Å². The van der Waals surface area contributed by atoms with Crippen molar-refractivity contribution in [2.24, 2.45) is 0 Å². The third-order valence-electron chi connectivity index (χ3n) is 0. The Labute approximate surface area is 60.4 Å². The van der Waals surface area contributed by atoms with E-state index in [1.807, 2.05) is 0 Å². The Balaban J connectivity index is -0.0000000267. The molecule has 0 aromatic heterocycles. The molecule has 0 aromatic rings. The number of rotatable bonds is 0. The Morgan fingerprint density at radius 3 is 1.00 bits per heavy atom. The van der Waals surface area contributed by atoms with Crippen molar-refractivity contribution in [3.63, 3.8) is 0 Å². The molecule has 0 aromatic carbocycles. The second-order valence-electron chi connectivity index (χ2n) is 0.408. The Bertz CT molecular complexity index is 91.7. The molecule has 0 amide bonds. The van der Waals surface area contributed by atoms with Gasteiger partial charge in [0.05, 0.1) is 0 Å². The average Bonchev–Trinajstić information content (AvgIpc) is 0.722. The van der Waals surface area contributed by atoms with Crippen LogP contribution in [0.3, 0.4) is 0 Å². The molecule has 0 saturated heterocycles. The van der Waals surface area contributed by atoms with Gasteiger partial charge in [0, 0.05) is 10.4 Å². The molecule has 0 aliphatic rings. The zero-order valence-electron chi connectivity index (χ0n) is 3.36. The van der Waals surface area contributed by atoms with Crippen molar-refractivity contribution in [1.29, 1.82) is 0 Å². The maximum Gasteiger partial charge on any atom is 2.00 e. The third-order valence-corrected chi connectivity index (χ3v) is 0. The Morgan fingerprint density at radius 1 is 1.00 bits per heavy atom. The summed E-state index contributed by atoms with van der Waals surface area (Å²) in [7, 11) is -5.17. The summed E-state index contributed by atoms with van der Waals surface area (Å²) in [5, 5.41) is 0. The van der Waals surface area contributed by atoms with Crippen LogP contribution in [0.1, 0.15) is 0 Å². The van der Waals surface area contributed by atoms with Crippen LogP contribution < -0.4 is 0 Å². The summed E-state index contributed by atoms with van der Waals surface area (Å²) >= 11 is 0. The SMILES string of the molecule is O.O.O=S(=O)([O-])[O-].[Pt+2]. The van der Waals surface area contributed by atoms with Crippen LogP contribution in [0.2, 0.25) is 0 Å². The second-order valence-corrected chi connectivity index (χ2v) is 1.22. The van der Waals surface area contributed by atoms with Gasteiger partial charge in [0.25, 0.3) is 0 Å². The predicted octanol–water partition coefficient (Wildman–Crippen LogP) is -2.99. The minimum absolute atomic E-state index is 0. The average molecular weight is 327 g/mol. The van der Waals surface area contributed by atoms with E-state index in [9.17, 15) is 0 Å². The summed E-state index contributed by atoms with van der Waals surface area (Å²) in [5.41, 5.74) is 0. The topological polar surface area (TPSA) is 143 Å². The molecule has 0 radical (unpaired) electrons. The van der Waals surface area contributed by atoms with Gasteiger partial charge in [0.1, 0.15) is 0 Å². The summed E-state index contributed by atoms with van der Waals surface area (Å²) in [5.74, 6) is 0. The van der Waals surface area contributed by atoms with Gasteiger partial charge in [0.2, 0.25) is 0 Å². The molecule has 8 heavy (non-hydrogen) atoms. The van der Waals surface area contributed by atoms with Crippen LogP contribution in [-0.4, -0.2) is 28.5 Å². The Morgan fingerprint density at radius 2 is 1.00 bits per heavy atom. The molecule has 0 heterocycles. The molecule has 0 rings (SSSR count). The van der Waals surface area contributed by atoms with E-state index >= 15 is 0 Å². The van der Waals surface area contributed by atoms with Crippen molar-refractivity contribution in [3.8, 4) is 0 Å². The molecule has 0 atom stereocenters. The Hall–Kier alpha value is 0.478. The molecule has 0 saturated carbocycles. The molecule has 0 fully saturated rings. The van der Waals surface area contributed by atoms with Crippen LogP contribution in [0, 0.1) is 0 Å². The fourth-order valence-electron chi connectivity index (χ4n) is 0. The molecule has 6 nitrogen and oxygen atoms in total. The quantitative estimate of drug-likeness (QED) is 0.345. The van der Waals surface area contributed by atoms with Gasteiger partial charge in [-0.15, -0.1) is 0 Å². The summed E-state index contributed by atoms with van der Waals surface area (Å²) in [6.45, 7) is 0. The molecule has 0 unspecified atom stereocenters. The van der Waals surface area contributed by atoms with E-state index in [0.717, 1.165) is 0 Å². The minimum Gasteiger partial charge on any atom is -0.759 e. The molecule has 0 aliphatic carbocycles. The fraction of sp³-hybridized carbons (Fsp3) is 0. The van der Waals surface area contributed by atoms with Gasteiger partial charge in [-0.2, -0.15) is 0 Å². The minimum atomic E-state index is -5.17. The molecule has 0 spiro atoms. The standard InChI is InChI=1S/H2O4S.2H2O.Pt/c1-5(2,3)4;;;/h(H2,1,2,3,4);2*1H2;/q;;;+2/p-2. The molecule has 8 heteroatoms. The van der Waals surface area contributed by atoms with Crippen LogP contribution in [0.5, 0.6) is 0 Å². The first-order chi connectivity index (χ1) is 2.00. The van der Waals surface area contributed by atoms with Crippen molar-refractivity contribution in [2.75, 3.05) is 0 Å². The van der Waals surface area contributed by atoms with E-state index in [4.69, 9.17) is 17.5 Å². The maximum atomic E-state index is 8.52. The van der Waals surface area contributed by atoms with Gasteiger partial charge in [-0.05, 0) is 0 Å². The monoisotopic (exact) mass is 327 g/mol. The number of hydrogen-bond donors (Lipinski definition) is 0. The molecular weight excluding hydrogens is 323 g/mol. The normalized spacial score (nSPS) is 7.25. The zero-order valence-corrected chi connectivity index (χ0v) is 6.45. The first kappa shape index (κ1) is 23.6. The third kappa shape index (κ3) is 850. The molecular formula is H4O6PtS. The van der Waals surface area contributed by atoms with Crippen molar-refractivity contribution in [3.05, 3.63) is 0 Å². The van der Waals surface area contributed by atoms with Gasteiger partial charge >= 0.3 is 21.1 Å². The first-order valence-corrected chi connectivity index (χ1v) is 2.00. The summed E-state index contributed by atoms with van der Waals surface area (Å²) in [6.07, 6.45) is 0. The van der Waals surface area contributed by atoms with Crippen LogP contribution in [0.25, 0.3) is 0 Å². The summed E-state index contributed by atoms with van der Waals surface area (Å²) < 4.78 is 34.1. The van der Waals surface area contributed by atoms with Gasteiger partial charge in [-0.3, -0.25) is 8.42 Å². The van der Waals surface area contributed by atoms with E-state index in [-0.39, 0.29) is 32.0 Å². The van der Waals surface area contributed by atoms with Crippen molar-refractivity contribution >= 4 is 10.4 Å². The van der Waals surface area contributed by atoms with Gasteiger partial charge < -0.3 is 20.1 Å². The maximum absolute atomic E-state index is 8.52. The van der Waals surface area contributed by atoms with Crippen molar-refractivity contribution < 1.29 is 49.5 Å². The van der Waals surface area contributed by atoms with Crippen LogP contribution >= 0.6 is 0 Å². The van der Waals surface area contributed by atoms with E-state index in [1.165, 1.54) is 0 Å². The summed E-state index contributed by atoms with van der Waals surface area (Å²) in [6, 6.07) is 0. The van der Waals surface area contributed by atoms with E-state index in [1.54, 1.807) is 0 Å². The molecule has 0 aliphatic heterocycles. The van der Waals surface area contributed by atoms with Crippen molar-refractivity contribution in [2.45, 2.75) is 0 Å². The molecule has 4 N–H and O–H groups in total. The molecule has 56 valence electrons. The Kier molecular flexibility index (Phi) is 22.1. The zero-order chi connectivity index (χ0) is 4.50. The number of hydrogen-bond acceptors (Lipinski definition) is 4. The molecule has 0 bridgehead atoms. The first-order valence-electron chi connectivity index (χ1n) is 0.667. The smallest absolute Gasteiger partial charge is 0.759 e. The van der Waals surface area contributed by atoms with Crippen LogP contribution in [-0.2, 0) is 31.5 Å². The van der Waals surface area contributed by atoms with Crippen LogP contribution in [0.4, 0.5) is 0 Å². The van der Waals surface area contributed by atoms with Crippen molar-refractivity contribution in [1.82, 2.24) is 0 Å². The van der Waals surface area contributed by atoms with Gasteiger partial charge in [0.15, 0.2) is 0 Å². The van der Waals surface area contributed by atoms with E-state index < -0.39 is 10.4 Å². The van der Waals surface area contributed by atoms with Gasteiger partial charge in [-0.25, -0.2) is 0 Å². The fourth-order valence-corrected chi connectivity index (χ4v) is 0. The largest absolute Gasteiger partial charge is 2.00 e. The summed E-state index contributed by atoms with van der Waals surface area (Å²) in [4.78, 5) is 0. The second kappa shape index (κ2) is 7.48. The van der Waals surface area contributed by atoms with Gasteiger partial charge in [-0.1, -0.05) is 0 Å². The van der Waals surface area contributed by atoms with E-state index in [0.29, 0.717) is 0 Å². The van der Waals surface area contributed by atoms with Crippen LogP contribution in [0.15, 0.2) is 0 Å².